The lowest BCUT2D eigenvalue weighted by atomic mass is 10.2. The fourth-order valence-corrected chi connectivity index (χ4v) is 2.93. The third-order valence-electron chi connectivity index (χ3n) is 4.17. The van der Waals surface area contributed by atoms with E-state index >= 15 is 0 Å². The van der Waals surface area contributed by atoms with Gasteiger partial charge in [0, 0.05) is 25.3 Å². The molecule has 1 rings (SSSR count). The summed E-state index contributed by atoms with van der Waals surface area (Å²) in [5.41, 5.74) is 1.36. The number of carbonyl (C=O) groups excluding carboxylic acids is 1. The van der Waals surface area contributed by atoms with E-state index in [1.165, 1.54) is 4.90 Å². The molecule has 0 spiro atoms. The molecule has 1 aromatic rings. The van der Waals surface area contributed by atoms with Gasteiger partial charge in [0.2, 0.25) is 0 Å². The third kappa shape index (κ3) is 13.3. The van der Waals surface area contributed by atoms with Crippen LogP contribution in [-0.2, 0) is 30.5 Å². The van der Waals surface area contributed by atoms with E-state index in [0.29, 0.717) is 22.9 Å². The molecule has 0 atom stereocenters. The second-order valence-corrected chi connectivity index (χ2v) is 7.47. The summed E-state index contributed by atoms with van der Waals surface area (Å²) in [5, 5.41) is 41.7. The quantitative estimate of drug-likeness (QED) is 0.118. The molecule has 0 aliphatic carbocycles. The Balaban J connectivity index is 2.57. The molecule has 0 fully saturated rings. The van der Waals surface area contributed by atoms with Crippen molar-refractivity contribution in [1.29, 1.82) is 0 Å². The number of aliphatic carboxylic acids is 3. The molecule has 13 nitrogen and oxygen atoms in total. The van der Waals surface area contributed by atoms with E-state index in [1.54, 1.807) is 24.3 Å². The van der Waals surface area contributed by atoms with Gasteiger partial charge in [-0.25, -0.2) is 0 Å². The number of carboxylic acid groups (broad SMARTS) is 3. The van der Waals surface area contributed by atoms with Gasteiger partial charge in [0.1, 0.15) is 6.61 Å². The lowest BCUT2D eigenvalue weighted by Gasteiger charge is -2.24. The SMILES string of the molecule is O=C(O)CN(CCN(CC(=O)O)CC(=O)OCc1ccc(NC(=S)NCCO)cc1)CC(=O)O. The van der Waals surface area contributed by atoms with Gasteiger partial charge in [-0.3, -0.25) is 29.0 Å². The van der Waals surface area contributed by atoms with Gasteiger partial charge in [-0.1, -0.05) is 12.1 Å². The Hall–Kier alpha value is -3.33. The largest absolute Gasteiger partial charge is 0.480 e. The second-order valence-electron chi connectivity index (χ2n) is 7.06. The zero-order valence-electron chi connectivity index (χ0n) is 18.3. The average molecular weight is 501 g/mol. The number of hydrogen-bond acceptors (Lipinski definition) is 9. The van der Waals surface area contributed by atoms with Gasteiger partial charge in [-0.15, -0.1) is 0 Å². The summed E-state index contributed by atoms with van der Waals surface area (Å²) in [6.45, 7) is -1.87. The Kier molecular flexibility index (Phi) is 13.1. The number of rotatable bonds is 16. The van der Waals surface area contributed by atoms with E-state index in [9.17, 15) is 19.2 Å². The van der Waals surface area contributed by atoms with Gasteiger partial charge in [0.25, 0.3) is 0 Å². The summed E-state index contributed by atoms with van der Waals surface area (Å²) < 4.78 is 5.19. The molecule has 0 saturated heterocycles. The topological polar surface area (TPSA) is 189 Å². The van der Waals surface area contributed by atoms with Gasteiger partial charge >= 0.3 is 23.9 Å². The van der Waals surface area contributed by atoms with Crippen LogP contribution in [0.15, 0.2) is 24.3 Å². The number of benzene rings is 1. The van der Waals surface area contributed by atoms with E-state index < -0.39 is 43.5 Å². The van der Waals surface area contributed by atoms with Crippen molar-refractivity contribution in [3.8, 4) is 0 Å². The Morgan fingerprint density at radius 3 is 1.82 bits per heavy atom. The number of thiocarbonyl (C=S) groups is 1. The van der Waals surface area contributed by atoms with Crippen molar-refractivity contribution in [3.63, 3.8) is 0 Å². The minimum Gasteiger partial charge on any atom is -0.480 e. The van der Waals surface area contributed by atoms with Gasteiger partial charge in [-0.05, 0) is 29.9 Å². The number of ether oxygens (including phenoxy) is 1. The highest BCUT2D eigenvalue weighted by atomic mass is 32.1. The highest BCUT2D eigenvalue weighted by Gasteiger charge is 2.19. The fourth-order valence-electron chi connectivity index (χ4n) is 2.71. The van der Waals surface area contributed by atoms with Crippen LogP contribution in [0.1, 0.15) is 5.56 Å². The number of esters is 1. The van der Waals surface area contributed by atoms with Gasteiger partial charge < -0.3 is 35.8 Å². The van der Waals surface area contributed by atoms with Gasteiger partial charge in [0.15, 0.2) is 5.11 Å². The molecule has 0 aliphatic heterocycles. The maximum absolute atomic E-state index is 12.2. The molecule has 0 unspecified atom stereocenters. The highest BCUT2D eigenvalue weighted by molar-refractivity contribution is 7.80. The molecular formula is C20H28N4O9S. The Labute approximate surface area is 200 Å². The molecule has 14 heteroatoms. The van der Waals surface area contributed by atoms with Crippen LogP contribution < -0.4 is 10.6 Å². The first-order valence-electron chi connectivity index (χ1n) is 10.1. The standard InChI is InChI=1S/C20H28N4O9S/c25-8-5-21-20(34)22-15-3-1-14(2-4-15)13-33-19(32)12-24(11-18(30)31)7-6-23(9-16(26)27)10-17(28)29/h1-4,25H,5-13H2,(H,26,27)(H,28,29)(H,30,31)(H2,21,22,34). The van der Waals surface area contributed by atoms with Crippen molar-refractivity contribution in [2.24, 2.45) is 0 Å². The monoisotopic (exact) mass is 500 g/mol. The lowest BCUT2D eigenvalue weighted by Crippen LogP contribution is -2.43. The molecule has 0 heterocycles. The summed E-state index contributed by atoms with van der Waals surface area (Å²) in [5.74, 6) is -4.35. The fraction of sp³-hybridized carbons (Fsp3) is 0.450. The summed E-state index contributed by atoms with van der Waals surface area (Å²) in [6.07, 6.45) is 0. The number of carboxylic acids is 3. The number of aliphatic hydroxyl groups excluding tert-OH is 1. The van der Waals surface area contributed by atoms with E-state index in [1.807, 2.05) is 0 Å². The highest BCUT2D eigenvalue weighted by Crippen LogP contribution is 2.10. The molecule has 0 aliphatic rings. The van der Waals surface area contributed by atoms with Crippen molar-refractivity contribution < 1.29 is 44.3 Å². The summed E-state index contributed by atoms with van der Waals surface area (Å²) in [7, 11) is 0. The van der Waals surface area contributed by atoms with E-state index in [2.05, 4.69) is 10.6 Å². The predicted molar refractivity (Wildman–Crippen MR) is 123 cm³/mol. The summed E-state index contributed by atoms with van der Waals surface area (Å²) in [6, 6.07) is 6.84. The van der Waals surface area contributed by atoms with Crippen LogP contribution in [0.2, 0.25) is 0 Å². The molecule has 0 amide bonds. The number of nitrogens with zero attached hydrogens (tertiary/aromatic N) is 2. The zero-order chi connectivity index (χ0) is 25.5. The van der Waals surface area contributed by atoms with E-state index in [4.69, 9.17) is 37.4 Å². The van der Waals surface area contributed by atoms with Crippen molar-refractivity contribution in [2.45, 2.75) is 6.61 Å². The zero-order valence-corrected chi connectivity index (χ0v) is 19.1. The third-order valence-corrected chi connectivity index (χ3v) is 4.42. The molecule has 0 saturated carbocycles. The smallest absolute Gasteiger partial charge is 0.320 e. The maximum atomic E-state index is 12.2. The van der Waals surface area contributed by atoms with Crippen LogP contribution in [-0.4, -0.2) is 112 Å². The number of aliphatic hydroxyl groups is 1. The first-order valence-corrected chi connectivity index (χ1v) is 10.5. The van der Waals surface area contributed by atoms with Gasteiger partial charge in [0.05, 0.1) is 32.8 Å². The van der Waals surface area contributed by atoms with Crippen LogP contribution in [0.4, 0.5) is 5.69 Å². The molecule has 0 bridgehead atoms. The second kappa shape index (κ2) is 15.5. The van der Waals surface area contributed by atoms with E-state index in [0.717, 1.165) is 4.90 Å². The summed E-state index contributed by atoms with van der Waals surface area (Å²) in [4.78, 5) is 47.4. The molecule has 34 heavy (non-hydrogen) atoms. The Bertz CT molecular complexity index is 835. The van der Waals surface area contributed by atoms with Crippen LogP contribution in [0.5, 0.6) is 0 Å². The van der Waals surface area contributed by atoms with E-state index in [-0.39, 0.29) is 32.8 Å². The van der Waals surface area contributed by atoms with Gasteiger partial charge in [-0.2, -0.15) is 0 Å². The van der Waals surface area contributed by atoms with Crippen molar-refractivity contribution >= 4 is 46.9 Å². The van der Waals surface area contributed by atoms with Crippen LogP contribution in [0.25, 0.3) is 0 Å². The summed E-state index contributed by atoms with van der Waals surface area (Å²) >= 11 is 5.06. The lowest BCUT2D eigenvalue weighted by molar-refractivity contribution is -0.149. The molecule has 6 N–H and O–H groups in total. The number of anilines is 1. The van der Waals surface area contributed by atoms with Crippen molar-refractivity contribution in [1.82, 2.24) is 15.1 Å². The first-order chi connectivity index (χ1) is 16.1. The Morgan fingerprint density at radius 2 is 1.35 bits per heavy atom. The minimum absolute atomic E-state index is 0.0491. The maximum Gasteiger partial charge on any atom is 0.320 e. The minimum atomic E-state index is -1.23. The van der Waals surface area contributed by atoms with Crippen LogP contribution in [0.3, 0.4) is 0 Å². The van der Waals surface area contributed by atoms with Crippen molar-refractivity contribution in [3.05, 3.63) is 29.8 Å². The number of nitrogens with one attached hydrogen (secondary N) is 2. The van der Waals surface area contributed by atoms with Crippen LogP contribution in [0, 0.1) is 0 Å². The molecule has 1 aromatic carbocycles. The molecule has 0 aromatic heterocycles. The molecule has 0 radical (unpaired) electrons. The molecular weight excluding hydrogens is 472 g/mol. The van der Waals surface area contributed by atoms with Crippen LogP contribution >= 0.6 is 12.2 Å². The average Bonchev–Trinajstić information content (AvgIpc) is 2.74. The van der Waals surface area contributed by atoms with Crippen molar-refractivity contribution in [2.75, 3.05) is 57.7 Å². The number of hydrogen-bond donors (Lipinski definition) is 6. The number of carbonyl (C=O) groups is 4. The molecule has 188 valence electrons. The predicted octanol–water partition coefficient (Wildman–Crippen LogP) is -1.13. The Morgan fingerprint density at radius 1 is 0.853 bits per heavy atom. The normalized spacial score (nSPS) is 10.7. The first kappa shape index (κ1) is 28.7.